The fraction of sp³-hybridized carbons (Fsp3) is 0.478. The van der Waals surface area contributed by atoms with E-state index < -0.39 is 0 Å². The Labute approximate surface area is 176 Å². The van der Waals surface area contributed by atoms with Crippen molar-refractivity contribution >= 4 is 11.8 Å². The number of hydrogen-bond acceptors (Lipinski definition) is 4. The van der Waals surface area contributed by atoms with Crippen LogP contribution in [0.2, 0.25) is 0 Å². The average Bonchev–Trinajstić information content (AvgIpc) is 3.06. The Balaban J connectivity index is 1.61. The summed E-state index contributed by atoms with van der Waals surface area (Å²) in [5.74, 6) is 0.0938. The standard InChI is InChI=1S/C23H28N4O3/c1-2-19-23(11-7-21(29)27(23)16-18-8-12-24-13-9-18)10-5-15-26(19)22(30)17-25-14-4-3-6-20(25)28/h3-4,6,8-9,12-14,19H,2,5,7,10-11,15-17H2,1H3/t19-,23-/m0/s1. The number of carbonyl (C=O) groups is 2. The molecule has 2 aromatic heterocycles. The van der Waals surface area contributed by atoms with Crippen molar-refractivity contribution in [3.05, 3.63) is 64.8 Å². The van der Waals surface area contributed by atoms with Crippen LogP contribution in [0, 0.1) is 0 Å². The molecule has 2 atom stereocenters. The van der Waals surface area contributed by atoms with Gasteiger partial charge in [0.05, 0.1) is 11.6 Å². The maximum atomic E-state index is 13.2. The quantitative estimate of drug-likeness (QED) is 0.760. The zero-order valence-electron chi connectivity index (χ0n) is 17.4. The third-order valence-electron chi connectivity index (χ3n) is 6.62. The lowest BCUT2D eigenvalue weighted by molar-refractivity contribution is -0.147. The van der Waals surface area contributed by atoms with Crippen LogP contribution < -0.4 is 5.56 Å². The third kappa shape index (κ3) is 3.64. The molecule has 2 amide bonds. The van der Waals surface area contributed by atoms with Crippen LogP contribution in [0.5, 0.6) is 0 Å². The van der Waals surface area contributed by atoms with Crippen molar-refractivity contribution < 1.29 is 9.59 Å². The van der Waals surface area contributed by atoms with Gasteiger partial charge in [-0.3, -0.25) is 19.4 Å². The van der Waals surface area contributed by atoms with E-state index in [9.17, 15) is 14.4 Å². The molecule has 158 valence electrons. The van der Waals surface area contributed by atoms with Gasteiger partial charge in [-0.25, -0.2) is 0 Å². The number of piperidine rings is 1. The van der Waals surface area contributed by atoms with Crippen LogP contribution in [0.15, 0.2) is 53.7 Å². The number of amides is 2. The van der Waals surface area contributed by atoms with E-state index in [1.807, 2.05) is 21.9 Å². The van der Waals surface area contributed by atoms with Gasteiger partial charge in [0.25, 0.3) is 5.56 Å². The van der Waals surface area contributed by atoms with Crippen molar-refractivity contribution in [2.24, 2.45) is 0 Å². The minimum atomic E-state index is -0.343. The van der Waals surface area contributed by atoms with Crippen LogP contribution in [-0.2, 0) is 22.7 Å². The molecule has 2 aliphatic heterocycles. The summed E-state index contributed by atoms with van der Waals surface area (Å²) in [5, 5.41) is 0. The Kier molecular flexibility index (Phi) is 5.70. The average molecular weight is 409 g/mol. The number of aromatic nitrogens is 2. The van der Waals surface area contributed by atoms with Crippen LogP contribution in [0.25, 0.3) is 0 Å². The van der Waals surface area contributed by atoms with E-state index in [4.69, 9.17) is 0 Å². The lowest BCUT2D eigenvalue weighted by Gasteiger charge is -2.52. The zero-order valence-corrected chi connectivity index (χ0v) is 17.4. The number of nitrogens with zero attached hydrogens (tertiary/aromatic N) is 4. The maximum absolute atomic E-state index is 13.2. The highest BCUT2D eigenvalue weighted by Crippen LogP contribution is 2.44. The molecular formula is C23H28N4O3. The number of rotatable bonds is 5. The molecule has 2 fully saturated rings. The Morgan fingerprint density at radius 3 is 2.70 bits per heavy atom. The number of hydrogen-bond donors (Lipinski definition) is 0. The number of pyridine rings is 2. The van der Waals surface area contributed by atoms with Crippen molar-refractivity contribution in [2.45, 2.75) is 63.7 Å². The second-order valence-corrected chi connectivity index (χ2v) is 8.22. The van der Waals surface area contributed by atoms with Gasteiger partial charge in [0, 0.05) is 44.2 Å². The summed E-state index contributed by atoms with van der Waals surface area (Å²) in [6.45, 7) is 3.32. The topological polar surface area (TPSA) is 75.5 Å². The highest BCUT2D eigenvalue weighted by molar-refractivity contribution is 5.81. The lowest BCUT2D eigenvalue weighted by atomic mass is 9.77. The monoisotopic (exact) mass is 408 g/mol. The molecule has 30 heavy (non-hydrogen) atoms. The minimum absolute atomic E-state index is 0.0323. The largest absolute Gasteiger partial charge is 0.336 e. The van der Waals surface area contributed by atoms with Crippen LogP contribution in [0.1, 0.15) is 44.6 Å². The molecule has 2 aromatic rings. The SMILES string of the molecule is CC[C@@H]1N(C(=O)Cn2ccccc2=O)CCC[C@]12CCC(=O)N2Cc1ccncc1. The van der Waals surface area contributed by atoms with E-state index in [1.165, 1.54) is 10.6 Å². The van der Waals surface area contributed by atoms with Crippen LogP contribution in [0.4, 0.5) is 0 Å². The van der Waals surface area contributed by atoms with E-state index in [2.05, 4.69) is 11.9 Å². The van der Waals surface area contributed by atoms with E-state index in [0.29, 0.717) is 19.5 Å². The molecule has 7 heteroatoms. The fourth-order valence-electron chi connectivity index (χ4n) is 5.26. The van der Waals surface area contributed by atoms with Crippen LogP contribution in [-0.4, -0.2) is 49.3 Å². The first-order chi connectivity index (χ1) is 14.5. The summed E-state index contributed by atoms with van der Waals surface area (Å²) in [7, 11) is 0. The molecule has 4 rings (SSSR count). The van der Waals surface area contributed by atoms with Crippen LogP contribution >= 0.6 is 0 Å². The molecule has 2 aliphatic rings. The van der Waals surface area contributed by atoms with Gasteiger partial charge < -0.3 is 14.4 Å². The highest BCUT2D eigenvalue weighted by Gasteiger charge is 2.53. The molecule has 0 saturated carbocycles. The molecule has 0 radical (unpaired) electrons. The molecule has 4 heterocycles. The van der Waals surface area contributed by atoms with Gasteiger partial charge in [-0.1, -0.05) is 13.0 Å². The van der Waals surface area contributed by atoms with Gasteiger partial charge in [0.1, 0.15) is 6.54 Å². The lowest BCUT2D eigenvalue weighted by Crippen LogP contribution is -2.64. The Morgan fingerprint density at radius 2 is 1.97 bits per heavy atom. The fourth-order valence-corrected chi connectivity index (χ4v) is 5.26. The molecule has 0 N–H and O–H groups in total. The Hall–Kier alpha value is -2.96. The molecule has 0 aliphatic carbocycles. The summed E-state index contributed by atoms with van der Waals surface area (Å²) in [6, 6.07) is 8.73. The Morgan fingerprint density at radius 1 is 1.17 bits per heavy atom. The molecule has 2 saturated heterocycles. The summed E-state index contributed by atoms with van der Waals surface area (Å²) < 4.78 is 1.45. The first-order valence-electron chi connectivity index (χ1n) is 10.7. The summed E-state index contributed by atoms with van der Waals surface area (Å²) in [4.78, 5) is 46.2. The van der Waals surface area contributed by atoms with Gasteiger partial charge in [-0.2, -0.15) is 0 Å². The predicted octanol–water partition coefficient (Wildman–Crippen LogP) is 2.21. The van der Waals surface area contributed by atoms with E-state index in [1.54, 1.807) is 30.7 Å². The first-order valence-corrected chi connectivity index (χ1v) is 10.7. The molecule has 1 spiro atoms. The van der Waals surface area contributed by atoms with E-state index >= 15 is 0 Å². The normalized spacial score (nSPS) is 23.9. The number of likely N-dealkylation sites (tertiary alicyclic amines) is 2. The maximum Gasteiger partial charge on any atom is 0.250 e. The zero-order chi connectivity index (χ0) is 21.1. The minimum Gasteiger partial charge on any atom is -0.336 e. The second kappa shape index (κ2) is 8.42. The van der Waals surface area contributed by atoms with Gasteiger partial charge in [-0.15, -0.1) is 0 Å². The van der Waals surface area contributed by atoms with Crippen molar-refractivity contribution in [1.82, 2.24) is 19.4 Å². The third-order valence-corrected chi connectivity index (χ3v) is 6.62. The molecule has 0 unspecified atom stereocenters. The second-order valence-electron chi connectivity index (χ2n) is 8.22. The number of carbonyl (C=O) groups excluding carboxylic acids is 2. The summed E-state index contributed by atoms with van der Waals surface area (Å²) in [5.41, 5.74) is 0.528. The summed E-state index contributed by atoms with van der Waals surface area (Å²) >= 11 is 0. The van der Waals surface area contributed by atoms with Crippen LogP contribution in [0.3, 0.4) is 0 Å². The van der Waals surface area contributed by atoms with Gasteiger partial charge in [-0.05, 0) is 49.4 Å². The van der Waals surface area contributed by atoms with Gasteiger partial charge in [0.15, 0.2) is 0 Å². The molecule has 0 aromatic carbocycles. The van der Waals surface area contributed by atoms with E-state index in [-0.39, 0.29) is 35.5 Å². The summed E-state index contributed by atoms with van der Waals surface area (Å²) in [6.07, 6.45) is 8.95. The highest BCUT2D eigenvalue weighted by atomic mass is 16.2. The van der Waals surface area contributed by atoms with Gasteiger partial charge in [0.2, 0.25) is 11.8 Å². The smallest absolute Gasteiger partial charge is 0.250 e. The van der Waals surface area contributed by atoms with E-state index in [0.717, 1.165) is 31.2 Å². The van der Waals surface area contributed by atoms with Crippen molar-refractivity contribution in [3.8, 4) is 0 Å². The van der Waals surface area contributed by atoms with Crippen molar-refractivity contribution in [2.75, 3.05) is 6.54 Å². The molecule has 7 nitrogen and oxygen atoms in total. The van der Waals surface area contributed by atoms with Crippen molar-refractivity contribution in [1.29, 1.82) is 0 Å². The Bertz CT molecular complexity index is 974. The van der Waals surface area contributed by atoms with Crippen molar-refractivity contribution in [3.63, 3.8) is 0 Å². The first kappa shape index (κ1) is 20.3. The predicted molar refractivity (Wildman–Crippen MR) is 112 cm³/mol. The molecule has 0 bridgehead atoms. The van der Waals surface area contributed by atoms with Gasteiger partial charge >= 0.3 is 0 Å². The molecular weight excluding hydrogens is 380 g/mol.